The van der Waals surface area contributed by atoms with Gasteiger partial charge in [-0.05, 0) is 18.9 Å². The molecule has 6 nitrogen and oxygen atoms in total. The van der Waals surface area contributed by atoms with Crippen LogP contribution in [0, 0.1) is 0 Å². The van der Waals surface area contributed by atoms with Gasteiger partial charge in [-0.3, -0.25) is 4.68 Å². The van der Waals surface area contributed by atoms with Gasteiger partial charge in [-0.1, -0.05) is 19.3 Å². The molecule has 1 aliphatic rings. The van der Waals surface area contributed by atoms with Crippen LogP contribution < -0.4 is 5.73 Å². The normalized spacial score (nSPS) is 16.7. The van der Waals surface area contributed by atoms with Crippen LogP contribution in [-0.2, 0) is 7.05 Å². The van der Waals surface area contributed by atoms with Crippen molar-refractivity contribution in [2.24, 2.45) is 7.05 Å². The number of nitrogens with zero attached hydrogens (tertiary/aromatic N) is 5. The third kappa shape index (κ3) is 2.57. The van der Waals surface area contributed by atoms with Crippen LogP contribution in [0.5, 0.6) is 0 Å². The molecule has 3 rings (SSSR count). The summed E-state index contributed by atoms with van der Waals surface area (Å²) >= 11 is 0. The van der Waals surface area contributed by atoms with E-state index < -0.39 is 0 Å². The highest BCUT2D eigenvalue weighted by Gasteiger charge is 2.20. The minimum absolute atomic E-state index is 0.288. The molecule has 0 bridgehead atoms. The molecule has 100 valence electrons. The molecule has 0 aromatic carbocycles. The van der Waals surface area contributed by atoms with Crippen LogP contribution in [-0.4, -0.2) is 24.7 Å². The fourth-order valence-electron chi connectivity index (χ4n) is 2.60. The van der Waals surface area contributed by atoms with E-state index in [1.54, 1.807) is 4.68 Å². The van der Waals surface area contributed by atoms with Gasteiger partial charge in [0.15, 0.2) is 5.82 Å². The van der Waals surface area contributed by atoms with E-state index in [1.807, 2.05) is 19.3 Å². The first-order chi connectivity index (χ1) is 9.22. The maximum absolute atomic E-state index is 5.81. The molecule has 2 heterocycles. The number of anilines is 1. The van der Waals surface area contributed by atoms with E-state index >= 15 is 0 Å². The summed E-state index contributed by atoms with van der Waals surface area (Å²) in [5.74, 6) is 2.11. The van der Waals surface area contributed by atoms with E-state index in [4.69, 9.17) is 5.73 Å². The van der Waals surface area contributed by atoms with Crippen LogP contribution >= 0.6 is 0 Å². The molecule has 1 aliphatic carbocycles. The predicted molar refractivity (Wildman–Crippen MR) is 72.3 cm³/mol. The van der Waals surface area contributed by atoms with Crippen LogP contribution in [0.25, 0.3) is 11.5 Å². The second-order valence-electron chi connectivity index (χ2n) is 5.08. The number of aryl methyl sites for hydroxylation is 1. The summed E-state index contributed by atoms with van der Waals surface area (Å²) in [6.07, 6.45) is 7.96. The smallest absolute Gasteiger partial charge is 0.223 e. The maximum atomic E-state index is 5.81. The summed E-state index contributed by atoms with van der Waals surface area (Å²) in [5, 5.41) is 4.32. The van der Waals surface area contributed by atoms with Crippen molar-refractivity contribution in [3.63, 3.8) is 0 Å². The van der Waals surface area contributed by atoms with Gasteiger partial charge in [0.25, 0.3) is 0 Å². The Hall–Kier alpha value is -1.98. The second kappa shape index (κ2) is 4.95. The first-order valence-corrected chi connectivity index (χ1v) is 6.74. The maximum Gasteiger partial charge on any atom is 0.223 e. The summed E-state index contributed by atoms with van der Waals surface area (Å²) in [7, 11) is 1.87. The van der Waals surface area contributed by atoms with Crippen molar-refractivity contribution in [1.29, 1.82) is 0 Å². The highest BCUT2D eigenvalue weighted by Crippen LogP contribution is 2.31. The Morgan fingerprint density at radius 2 is 1.95 bits per heavy atom. The van der Waals surface area contributed by atoms with Gasteiger partial charge in [-0.2, -0.15) is 15.1 Å². The van der Waals surface area contributed by atoms with Crippen LogP contribution in [0.1, 0.15) is 43.8 Å². The zero-order valence-corrected chi connectivity index (χ0v) is 11.1. The fraction of sp³-hybridized carbons (Fsp3) is 0.538. The van der Waals surface area contributed by atoms with E-state index in [1.165, 1.54) is 19.3 Å². The summed E-state index contributed by atoms with van der Waals surface area (Å²) < 4.78 is 1.73. The second-order valence-corrected chi connectivity index (χ2v) is 5.08. The topological polar surface area (TPSA) is 82.5 Å². The first-order valence-electron chi connectivity index (χ1n) is 6.74. The molecule has 2 aromatic heterocycles. The summed E-state index contributed by atoms with van der Waals surface area (Å²) in [4.78, 5) is 13.1. The van der Waals surface area contributed by atoms with Crippen molar-refractivity contribution < 1.29 is 0 Å². The molecule has 1 saturated carbocycles. The van der Waals surface area contributed by atoms with Crippen molar-refractivity contribution in [3.8, 4) is 11.5 Å². The molecule has 0 amide bonds. The lowest BCUT2D eigenvalue weighted by molar-refractivity contribution is 0.428. The Kier molecular flexibility index (Phi) is 3.15. The summed E-state index contributed by atoms with van der Waals surface area (Å²) in [6.45, 7) is 0. The minimum Gasteiger partial charge on any atom is -0.368 e. The Morgan fingerprint density at radius 1 is 1.16 bits per heavy atom. The van der Waals surface area contributed by atoms with Crippen LogP contribution in [0.3, 0.4) is 0 Å². The molecular formula is C13H18N6. The third-order valence-corrected chi connectivity index (χ3v) is 3.58. The van der Waals surface area contributed by atoms with Gasteiger partial charge in [-0.25, -0.2) is 4.98 Å². The average Bonchev–Trinajstić information content (AvgIpc) is 2.86. The molecule has 2 N–H and O–H groups in total. The highest BCUT2D eigenvalue weighted by atomic mass is 15.3. The van der Waals surface area contributed by atoms with Crippen molar-refractivity contribution >= 4 is 5.95 Å². The molecule has 1 fully saturated rings. The Balaban J connectivity index is 1.95. The zero-order chi connectivity index (χ0) is 13.2. The molecule has 0 aliphatic heterocycles. The zero-order valence-electron chi connectivity index (χ0n) is 11.1. The molecule has 19 heavy (non-hydrogen) atoms. The van der Waals surface area contributed by atoms with Crippen molar-refractivity contribution in [3.05, 3.63) is 18.1 Å². The van der Waals surface area contributed by atoms with E-state index in [0.717, 1.165) is 24.4 Å². The highest BCUT2D eigenvalue weighted by molar-refractivity contribution is 5.49. The van der Waals surface area contributed by atoms with Gasteiger partial charge < -0.3 is 5.73 Å². The molecule has 6 heteroatoms. The number of hydrogen-bond donors (Lipinski definition) is 1. The largest absolute Gasteiger partial charge is 0.368 e. The first kappa shape index (κ1) is 12.1. The minimum atomic E-state index is 0.288. The van der Waals surface area contributed by atoms with Gasteiger partial charge in [0.05, 0.1) is 0 Å². The lowest BCUT2D eigenvalue weighted by atomic mass is 9.89. The molecule has 0 radical (unpaired) electrons. The molecule has 0 saturated heterocycles. The summed E-state index contributed by atoms with van der Waals surface area (Å²) in [5.41, 5.74) is 6.56. The van der Waals surface area contributed by atoms with Gasteiger partial charge in [0.1, 0.15) is 11.5 Å². The summed E-state index contributed by atoms with van der Waals surface area (Å²) in [6, 6.07) is 1.89. The molecular weight excluding hydrogens is 240 g/mol. The van der Waals surface area contributed by atoms with Gasteiger partial charge >= 0.3 is 0 Å². The van der Waals surface area contributed by atoms with Crippen molar-refractivity contribution in [1.82, 2.24) is 24.7 Å². The van der Waals surface area contributed by atoms with E-state index in [0.29, 0.717) is 11.7 Å². The Labute approximate surface area is 112 Å². The molecule has 0 unspecified atom stereocenters. The Bertz CT molecular complexity index is 570. The quantitative estimate of drug-likeness (QED) is 0.889. The number of rotatable bonds is 2. The molecule has 2 aromatic rings. The van der Waals surface area contributed by atoms with Gasteiger partial charge in [0, 0.05) is 19.2 Å². The fourth-order valence-corrected chi connectivity index (χ4v) is 2.60. The number of aromatic nitrogens is 5. The van der Waals surface area contributed by atoms with E-state index in [2.05, 4.69) is 20.1 Å². The lowest BCUT2D eigenvalue weighted by Gasteiger charge is -2.20. The Morgan fingerprint density at radius 3 is 2.63 bits per heavy atom. The van der Waals surface area contributed by atoms with E-state index in [-0.39, 0.29) is 5.95 Å². The van der Waals surface area contributed by atoms with E-state index in [9.17, 15) is 0 Å². The SMILES string of the molecule is Cn1ccc(-c2nc(N)nc(C3CCCCC3)n2)n1. The monoisotopic (exact) mass is 258 g/mol. The molecule has 0 spiro atoms. The number of nitrogen functional groups attached to an aromatic ring is 1. The van der Waals surface area contributed by atoms with Crippen LogP contribution in [0.15, 0.2) is 12.3 Å². The third-order valence-electron chi connectivity index (χ3n) is 3.58. The van der Waals surface area contributed by atoms with Gasteiger partial charge in [0.2, 0.25) is 5.95 Å². The van der Waals surface area contributed by atoms with Crippen molar-refractivity contribution in [2.45, 2.75) is 38.0 Å². The van der Waals surface area contributed by atoms with Gasteiger partial charge in [-0.15, -0.1) is 0 Å². The average molecular weight is 258 g/mol. The molecule has 0 atom stereocenters. The standard InChI is InChI=1S/C13H18N6/c1-19-8-7-10(18-19)12-15-11(16-13(14)17-12)9-5-3-2-4-6-9/h7-9H,2-6H2,1H3,(H2,14,15,16,17). The number of hydrogen-bond acceptors (Lipinski definition) is 5. The van der Waals surface area contributed by atoms with Crippen molar-refractivity contribution in [2.75, 3.05) is 5.73 Å². The van der Waals surface area contributed by atoms with Crippen LogP contribution in [0.2, 0.25) is 0 Å². The van der Waals surface area contributed by atoms with Crippen LogP contribution in [0.4, 0.5) is 5.95 Å². The predicted octanol–water partition coefficient (Wildman–Crippen LogP) is 1.90. The number of nitrogens with two attached hydrogens (primary N) is 1. The lowest BCUT2D eigenvalue weighted by Crippen LogP contribution is -2.12.